The van der Waals surface area contributed by atoms with Gasteiger partial charge in [-0.25, -0.2) is 0 Å². The third kappa shape index (κ3) is 2.68. The molecule has 0 radical (unpaired) electrons. The first-order chi connectivity index (χ1) is 7.16. The van der Waals surface area contributed by atoms with Crippen molar-refractivity contribution in [1.82, 2.24) is 0 Å². The average molecular weight is 261 g/mol. The molecule has 0 heterocycles. The summed E-state index contributed by atoms with van der Waals surface area (Å²) in [5.74, 6) is 0.330. The Morgan fingerprint density at radius 1 is 1.33 bits per heavy atom. The van der Waals surface area contributed by atoms with Gasteiger partial charge in [0.25, 0.3) is 0 Å². The normalized spacial score (nSPS) is 20.9. The second-order valence-corrected chi connectivity index (χ2v) is 5.63. The molecule has 1 aromatic rings. The van der Waals surface area contributed by atoms with Crippen LogP contribution in [0.3, 0.4) is 0 Å². The van der Waals surface area contributed by atoms with Gasteiger partial charge in [-0.15, -0.1) is 11.8 Å². The van der Waals surface area contributed by atoms with Gasteiger partial charge in [0, 0.05) is 16.3 Å². The Morgan fingerprint density at radius 2 is 2.13 bits per heavy atom. The van der Waals surface area contributed by atoms with Gasteiger partial charge in [-0.05, 0) is 31.0 Å². The Bertz CT molecular complexity index is 392. The molecule has 0 amide bonds. The van der Waals surface area contributed by atoms with Crippen LogP contribution in [0.15, 0.2) is 23.1 Å². The molecule has 1 aliphatic rings. The molecule has 2 rings (SSSR count). The number of benzene rings is 1. The molecule has 1 atom stereocenters. The Hall–Kier alpha value is -0.180. The highest BCUT2D eigenvalue weighted by molar-refractivity contribution is 8.00. The molecule has 0 aliphatic heterocycles. The number of rotatable bonds is 2. The van der Waals surface area contributed by atoms with E-state index in [2.05, 4.69) is 0 Å². The summed E-state index contributed by atoms with van der Waals surface area (Å²) in [7, 11) is 0. The standard InChI is InChI=1S/C11H10Cl2OS/c12-7-4-5-8(13)11(6-7)15-10-3-1-2-9(10)14/h4-6,10H,1-3H2. The lowest BCUT2D eigenvalue weighted by molar-refractivity contribution is -0.116. The van der Waals surface area contributed by atoms with Crippen LogP contribution in [0.1, 0.15) is 19.3 Å². The molecule has 0 bridgehead atoms. The van der Waals surface area contributed by atoms with Crippen LogP contribution in [-0.2, 0) is 4.79 Å². The summed E-state index contributed by atoms with van der Waals surface area (Å²) in [5, 5.41) is 1.40. The zero-order chi connectivity index (χ0) is 10.8. The maximum absolute atomic E-state index is 11.5. The maximum Gasteiger partial charge on any atom is 0.146 e. The predicted octanol–water partition coefficient (Wildman–Crippen LogP) is 4.21. The van der Waals surface area contributed by atoms with Gasteiger partial charge in [-0.2, -0.15) is 0 Å². The molecule has 0 aromatic heterocycles. The predicted molar refractivity (Wildman–Crippen MR) is 65.0 cm³/mol. The summed E-state index contributed by atoms with van der Waals surface area (Å²) in [6, 6.07) is 5.34. The van der Waals surface area contributed by atoms with Crippen molar-refractivity contribution in [2.24, 2.45) is 0 Å². The number of Topliss-reactive ketones (excluding diaryl/α,β-unsaturated/α-hetero) is 1. The van der Waals surface area contributed by atoms with Gasteiger partial charge in [0.1, 0.15) is 5.78 Å². The number of carbonyl (C=O) groups is 1. The zero-order valence-electron chi connectivity index (χ0n) is 8.00. The van der Waals surface area contributed by atoms with E-state index in [1.54, 1.807) is 12.1 Å². The summed E-state index contributed by atoms with van der Waals surface area (Å²) >= 11 is 13.4. The van der Waals surface area contributed by atoms with E-state index < -0.39 is 0 Å². The molecule has 1 unspecified atom stereocenters. The molecule has 4 heteroatoms. The van der Waals surface area contributed by atoms with Crippen molar-refractivity contribution in [2.75, 3.05) is 0 Å². The first kappa shape index (κ1) is 11.3. The van der Waals surface area contributed by atoms with E-state index in [9.17, 15) is 4.79 Å². The molecule has 0 N–H and O–H groups in total. The van der Waals surface area contributed by atoms with Crippen LogP contribution in [-0.4, -0.2) is 11.0 Å². The maximum atomic E-state index is 11.5. The summed E-state index contributed by atoms with van der Waals surface area (Å²) in [6.07, 6.45) is 2.65. The Morgan fingerprint density at radius 3 is 2.80 bits per heavy atom. The number of hydrogen-bond acceptors (Lipinski definition) is 2. The van der Waals surface area contributed by atoms with Crippen LogP contribution in [0.25, 0.3) is 0 Å². The minimum absolute atomic E-state index is 0.0703. The minimum atomic E-state index is 0.0703. The number of carbonyl (C=O) groups excluding carboxylic acids is 1. The first-order valence-electron chi connectivity index (χ1n) is 4.81. The lowest BCUT2D eigenvalue weighted by Gasteiger charge is -2.09. The van der Waals surface area contributed by atoms with Gasteiger partial charge in [0.2, 0.25) is 0 Å². The van der Waals surface area contributed by atoms with E-state index in [0.717, 1.165) is 17.7 Å². The van der Waals surface area contributed by atoms with Crippen LogP contribution in [0, 0.1) is 0 Å². The lowest BCUT2D eigenvalue weighted by atomic mass is 10.3. The molecule has 1 aromatic carbocycles. The van der Waals surface area contributed by atoms with Crippen LogP contribution >= 0.6 is 35.0 Å². The third-order valence-corrected chi connectivity index (χ3v) is 4.46. The summed E-state index contributed by atoms with van der Waals surface area (Å²) < 4.78 is 0. The van der Waals surface area contributed by atoms with Gasteiger partial charge < -0.3 is 0 Å². The van der Waals surface area contributed by atoms with Gasteiger partial charge in [-0.3, -0.25) is 4.79 Å². The molecule has 1 fully saturated rings. The first-order valence-corrected chi connectivity index (χ1v) is 6.45. The molecule has 0 saturated heterocycles. The Labute approximate surface area is 103 Å². The van der Waals surface area contributed by atoms with Crippen LogP contribution in [0.4, 0.5) is 0 Å². The summed E-state index contributed by atoms with van der Waals surface area (Å²) in [4.78, 5) is 12.4. The number of hydrogen-bond donors (Lipinski definition) is 0. The van der Waals surface area contributed by atoms with Crippen molar-refractivity contribution in [2.45, 2.75) is 29.4 Å². The van der Waals surface area contributed by atoms with Crippen LogP contribution < -0.4 is 0 Å². The minimum Gasteiger partial charge on any atom is -0.298 e. The second kappa shape index (κ2) is 4.77. The molecule has 80 valence electrons. The molecule has 15 heavy (non-hydrogen) atoms. The van der Waals surface area contributed by atoms with Crippen LogP contribution in [0.2, 0.25) is 10.0 Å². The van der Waals surface area contributed by atoms with Crippen molar-refractivity contribution < 1.29 is 4.79 Å². The number of ketones is 1. The van der Waals surface area contributed by atoms with E-state index in [0.29, 0.717) is 22.2 Å². The van der Waals surface area contributed by atoms with Crippen molar-refractivity contribution in [3.63, 3.8) is 0 Å². The number of thioether (sulfide) groups is 1. The molecular formula is C11H10Cl2OS. The fourth-order valence-electron chi connectivity index (χ4n) is 1.63. The van der Waals surface area contributed by atoms with E-state index in [4.69, 9.17) is 23.2 Å². The largest absolute Gasteiger partial charge is 0.298 e. The second-order valence-electron chi connectivity index (χ2n) is 3.54. The van der Waals surface area contributed by atoms with Gasteiger partial charge >= 0.3 is 0 Å². The highest BCUT2D eigenvalue weighted by Crippen LogP contribution is 2.37. The third-order valence-electron chi connectivity index (χ3n) is 2.41. The van der Waals surface area contributed by atoms with Gasteiger partial charge in [0.05, 0.1) is 10.3 Å². The zero-order valence-corrected chi connectivity index (χ0v) is 10.3. The molecule has 1 aliphatic carbocycles. The highest BCUT2D eigenvalue weighted by Gasteiger charge is 2.25. The quantitative estimate of drug-likeness (QED) is 0.793. The Kier molecular flexibility index (Phi) is 3.60. The Balaban J connectivity index is 2.16. The van der Waals surface area contributed by atoms with Crippen molar-refractivity contribution >= 4 is 40.7 Å². The van der Waals surface area contributed by atoms with Crippen molar-refractivity contribution in [1.29, 1.82) is 0 Å². The molecule has 0 spiro atoms. The van der Waals surface area contributed by atoms with E-state index in [-0.39, 0.29) is 5.25 Å². The van der Waals surface area contributed by atoms with Crippen molar-refractivity contribution in [3.8, 4) is 0 Å². The van der Waals surface area contributed by atoms with Gasteiger partial charge in [0.15, 0.2) is 0 Å². The van der Waals surface area contributed by atoms with E-state index >= 15 is 0 Å². The topological polar surface area (TPSA) is 17.1 Å². The SMILES string of the molecule is O=C1CCCC1Sc1cc(Cl)ccc1Cl. The van der Waals surface area contributed by atoms with Gasteiger partial charge in [-0.1, -0.05) is 23.2 Å². The molecule has 1 nitrogen and oxygen atoms in total. The smallest absolute Gasteiger partial charge is 0.146 e. The summed E-state index contributed by atoms with van der Waals surface area (Å²) in [6.45, 7) is 0. The summed E-state index contributed by atoms with van der Waals surface area (Å²) in [5.41, 5.74) is 0. The van der Waals surface area contributed by atoms with Crippen molar-refractivity contribution in [3.05, 3.63) is 28.2 Å². The number of halogens is 2. The molecular weight excluding hydrogens is 251 g/mol. The highest BCUT2D eigenvalue weighted by atomic mass is 35.5. The van der Waals surface area contributed by atoms with E-state index in [1.165, 1.54) is 11.8 Å². The van der Waals surface area contributed by atoms with Crippen LogP contribution in [0.5, 0.6) is 0 Å². The lowest BCUT2D eigenvalue weighted by Crippen LogP contribution is -2.07. The monoisotopic (exact) mass is 260 g/mol. The fourth-order valence-corrected chi connectivity index (χ4v) is 3.33. The molecule has 1 saturated carbocycles. The average Bonchev–Trinajstić information content (AvgIpc) is 2.58. The fraction of sp³-hybridized carbons (Fsp3) is 0.364. The van der Waals surface area contributed by atoms with E-state index in [1.807, 2.05) is 6.07 Å².